The summed E-state index contributed by atoms with van der Waals surface area (Å²) in [6.45, 7) is 1.73. The summed E-state index contributed by atoms with van der Waals surface area (Å²) in [6, 6.07) is 13.7. The number of nitrogens with one attached hydrogen (secondary N) is 2. The van der Waals surface area contributed by atoms with Gasteiger partial charge in [0.25, 0.3) is 5.91 Å². The average Bonchev–Trinajstić information content (AvgIpc) is 2.84. The Kier molecular flexibility index (Phi) is 9.38. The summed E-state index contributed by atoms with van der Waals surface area (Å²) in [5.74, 6) is -2.05. The molecule has 1 unspecified atom stereocenters. The van der Waals surface area contributed by atoms with E-state index >= 15 is 0 Å². The van der Waals surface area contributed by atoms with Crippen LogP contribution in [0, 0.1) is 0 Å². The minimum Gasteiger partial charge on any atom is -0.495 e. The molecule has 36 heavy (non-hydrogen) atoms. The highest BCUT2D eigenvalue weighted by atomic mass is 35.5. The molecule has 3 aromatic carbocycles. The van der Waals surface area contributed by atoms with Gasteiger partial charge in [-0.15, -0.1) is 11.8 Å². The maximum Gasteiger partial charge on any atom is 0.338 e. The first kappa shape index (κ1) is 28.0. The first-order chi connectivity index (χ1) is 17.0. The van der Waals surface area contributed by atoms with Crippen LogP contribution in [0.4, 0.5) is 11.4 Å². The Morgan fingerprint density at radius 3 is 2.17 bits per heavy atom. The second kappa shape index (κ2) is 12.1. The number of ether oxygens (including phenoxy) is 1. The summed E-state index contributed by atoms with van der Waals surface area (Å²) in [4.78, 5) is 38.1. The van der Waals surface area contributed by atoms with Crippen LogP contribution in [-0.2, 0) is 4.79 Å². The van der Waals surface area contributed by atoms with Gasteiger partial charge in [0.1, 0.15) is 5.75 Å². The van der Waals surface area contributed by atoms with E-state index in [1.54, 1.807) is 55.5 Å². The van der Waals surface area contributed by atoms with Gasteiger partial charge in [-0.3, -0.25) is 9.59 Å². The average molecular weight is 588 g/mol. The predicted octanol–water partition coefficient (Wildman–Crippen LogP) is 7.38. The normalized spacial score (nSPS) is 11.5. The maximum absolute atomic E-state index is 13.0. The summed E-state index contributed by atoms with van der Waals surface area (Å²) in [6.07, 6.45) is 0. The van der Waals surface area contributed by atoms with Crippen LogP contribution in [0.25, 0.3) is 0 Å². The number of carbonyl (C=O) groups excluding carboxylic acids is 2. The van der Waals surface area contributed by atoms with Crippen molar-refractivity contribution in [3.05, 3.63) is 79.7 Å². The molecule has 0 saturated heterocycles. The van der Waals surface area contributed by atoms with Crippen molar-refractivity contribution in [1.29, 1.82) is 0 Å². The summed E-state index contributed by atoms with van der Waals surface area (Å²) in [7, 11) is 1.52. The van der Waals surface area contributed by atoms with E-state index < -0.39 is 33.3 Å². The topological polar surface area (TPSA) is 105 Å². The smallest absolute Gasteiger partial charge is 0.338 e. The summed E-state index contributed by atoms with van der Waals surface area (Å²) in [5, 5.41) is 13.2. The van der Waals surface area contributed by atoms with Crippen LogP contribution in [-0.4, -0.2) is 35.2 Å². The number of amides is 2. The Balaban J connectivity index is 1.79. The van der Waals surface area contributed by atoms with Gasteiger partial charge in [0, 0.05) is 10.6 Å². The van der Waals surface area contributed by atoms with Crippen LogP contribution in [0.1, 0.15) is 27.6 Å². The third-order valence-corrected chi connectivity index (χ3v) is 7.74. The van der Waals surface area contributed by atoms with Gasteiger partial charge in [-0.1, -0.05) is 64.6 Å². The highest BCUT2D eigenvalue weighted by Crippen LogP contribution is 2.42. The Morgan fingerprint density at radius 1 is 0.889 bits per heavy atom. The lowest BCUT2D eigenvalue weighted by molar-refractivity contribution is -0.115. The molecule has 0 bridgehead atoms. The highest BCUT2D eigenvalue weighted by molar-refractivity contribution is 8.00. The molecular formula is C24H18Cl4N2O5S. The van der Waals surface area contributed by atoms with Gasteiger partial charge in [-0.25, -0.2) is 4.79 Å². The SMILES string of the molecule is COc1ccccc1NC(=O)C(C)Sc1cccc(NC(=O)c2c(Cl)c(Cl)c(Cl)c(Cl)c2C(=O)O)c1. The predicted molar refractivity (Wildman–Crippen MR) is 145 cm³/mol. The first-order valence-electron chi connectivity index (χ1n) is 10.2. The number of rotatable bonds is 8. The lowest BCUT2D eigenvalue weighted by Gasteiger charge is -2.16. The van der Waals surface area contributed by atoms with E-state index in [9.17, 15) is 19.5 Å². The van der Waals surface area contributed by atoms with Crippen molar-refractivity contribution in [2.45, 2.75) is 17.1 Å². The van der Waals surface area contributed by atoms with Crippen LogP contribution in [0.3, 0.4) is 0 Å². The van der Waals surface area contributed by atoms with Gasteiger partial charge in [-0.05, 0) is 37.3 Å². The lowest BCUT2D eigenvalue weighted by atomic mass is 10.1. The van der Waals surface area contributed by atoms with Crippen LogP contribution < -0.4 is 15.4 Å². The highest BCUT2D eigenvalue weighted by Gasteiger charge is 2.29. The van der Waals surface area contributed by atoms with Gasteiger partial charge < -0.3 is 20.5 Å². The van der Waals surface area contributed by atoms with Crippen molar-refractivity contribution in [3.63, 3.8) is 0 Å². The van der Waals surface area contributed by atoms with E-state index in [0.717, 1.165) is 0 Å². The summed E-state index contributed by atoms with van der Waals surface area (Å²) < 4.78 is 5.25. The van der Waals surface area contributed by atoms with Crippen molar-refractivity contribution in [1.82, 2.24) is 0 Å². The number of halogens is 4. The number of thioether (sulfide) groups is 1. The van der Waals surface area contributed by atoms with Crippen molar-refractivity contribution in [2.24, 2.45) is 0 Å². The number of aromatic carboxylic acids is 1. The molecule has 2 amide bonds. The number of carboxylic acid groups (broad SMARTS) is 1. The summed E-state index contributed by atoms with van der Waals surface area (Å²) >= 11 is 25.4. The molecule has 0 aromatic heterocycles. The first-order valence-corrected chi connectivity index (χ1v) is 12.6. The number of methoxy groups -OCH3 is 1. The number of benzene rings is 3. The zero-order valence-corrected chi connectivity index (χ0v) is 22.5. The minimum atomic E-state index is -1.50. The molecule has 0 heterocycles. The zero-order chi connectivity index (χ0) is 26.6. The molecule has 0 aliphatic heterocycles. The largest absolute Gasteiger partial charge is 0.495 e. The molecule has 3 N–H and O–H groups in total. The van der Waals surface area contributed by atoms with E-state index in [2.05, 4.69) is 10.6 Å². The molecule has 0 spiro atoms. The van der Waals surface area contributed by atoms with Gasteiger partial charge in [0.2, 0.25) is 5.91 Å². The zero-order valence-electron chi connectivity index (χ0n) is 18.7. The fraction of sp³-hybridized carbons (Fsp3) is 0.125. The molecule has 7 nitrogen and oxygen atoms in total. The molecule has 0 saturated carbocycles. The molecule has 0 fully saturated rings. The van der Waals surface area contributed by atoms with E-state index in [1.165, 1.54) is 18.9 Å². The van der Waals surface area contributed by atoms with Gasteiger partial charge in [0.05, 0.1) is 49.3 Å². The molecule has 1 atom stereocenters. The number of anilines is 2. The van der Waals surface area contributed by atoms with Crippen LogP contribution in [0.2, 0.25) is 20.1 Å². The Labute approximate surface area is 231 Å². The number of hydrogen-bond donors (Lipinski definition) is 3. The Hall–Kier alpha value is -2.62. The van der Waals surface area contributed by atoms with Crippen molar-refractivity contribution in [2.75, 3.05) is 17.7 Å². The Morgan fingerprint density at radius 2 is 1.53 bits per heavy atom. The number of hydrogen-bond acceptors (Lipinski definition) is 5. The summed E-state index contributed by atoms with van der Waals surface area (Å²) in [5.41, 5.74) is -0.117. The second-order valence-electron chi connectivity index (χ2n) is 7.24. The lowest BCUT2D eigenvalue weighted by Crippen LogP contribution is -2.22. The number of carbonyl (C=O) groups is 3. The van der Waals surface area contributed by atoms with E-state index in [0.29, 0.717) is 22.0 Å². The molecule has 3 rings (SSSR count). The molecule has 12 heteroatoms. The maximum atomic E-state index is 13.0. The molecule has 0 aliphatic rings. The molecule has 3 aromatic rings. The monoisotopic (exact) mass is 586 g/mol. The quantitative estimate of drug-likeness (QED) is 0.144. The third kappa shape index (κ3) is 6.19. The van der Waals surface area contributed by atoms with Gasteiger partial charge >= 0.3 is 5.97 Å². The van der Waals surface area contributed by atoms with E-state index in [4.69, 9.17) is 51.1 Å². The molecular weight excluding hydrogens is 570 g/mol. The fourth-order valence-electron chi connectivity index (χ4n) is 3.13. The standard InChI is InChI=1S/C24H18Cl4N2O5S/c1-11(22(31)30-14-8-3-4-9-15(14)35-2)36-13-7-5-6-12(10-13)29-23(32)16-17(24(33)34)19(26)21(28)20(27)18(16)25/h3-11H,1-2H3,(H,29,32)(H,30,31)(H,33,34). The number of para-hydroxylation sites is 2. The third-order valence-electron chi connectivity index (χ3n) is 4.85. The van der Waals surface area contributed by atoms with Crippen molar-refractivity contribution in [3.8, 4) is 5.75 Å². The molecule has 0 radical (unpaired) electrons. The number of carboxylic acids is 1. The second-order valence-corrected chi connectivity index (χ2v) is 10.2. The minimum absolute atomic E-state index is 0.238. The van der Waals surface area contributed by atoms with Gasteiger partial charge in [0.15, 0.2) is 0 Å². The van der Waals surface area contributed by atoms with Crippen molar-refractivity contribution >= 4 is 87.3 Å². The molecule has 188 valence electrons. The fourth-order valence-corrected chi connectivity index (χ4v) is 5.07. The van der Waals surface area contributed by atoms with Crippen LogP contribution >= 0.6 is 58.2 Å². The molecule has 0 aliphatic carbocycles. The van der Waals surface area contributed by atoms with Crippen LogP contribution in [0.15, 0.2) is 53.4 Å². The van der Waals surface area contributed by atoms with Crippen molar-refractivity contribution < 1.29 is 24.2 Å². The van der Waals surface area contributed by atoms with Crippen LogP contribution in [0.5, 0.6) is 5.75 Å². The Bertz CT molecular complexity index is 1350. The van der Waals surface area contributed by atoms with E-state index in [-0.39, 0.29) is 21.0 Å². The van der Waals surface area contributed by atoms with Gasteiger partial charge in [-0.2, -0.15) is 0 Å². The van der Waals surface area contributed by atoms with E-state index in [1.807, 2.05) is 0 Å².